The van der Waals surface area contributed by atoms with Crippen molar-refractivity contribution < 1.29 is 4.79 Å². The van der Waals surface area contributed by atoms with Crippen molar-refractivity contribution in [3.8, 4) is 0 Å². The standard InChI is InChI=1S/C14H19N3O/c1-3-10-5-4-6-12-14(10)16(2)9-11-7-15-8-13(18)17(11)12/h4-6,11,15H,3,7-9H2,1-2H3. The van der Waals surface area contributed by atoms with E-state index in [0.29, 0.717) is 6.54 Å². The number of likely N-dealkylation sites (N-methyl/N-ethyl adjacent to an activating group) is 1. The molecule has 2 heterocycles. The molecule has 1 amide bonds. The molecule has 2 aliphatic heterocycles. The highest BCUT2D eigenvalue weighted by molar-refractivity contribution is 6.01. The molecule has 2 aliphatic rings. The molecule has 0 aliphatic carbocycles. The van der Waals surface area contributed by atoms with Gasteiger partial charge in [-0.05, 0) is 18.1 Å². The largest absolute Gasteiger partial charge is 0.371 e. The van der Waals surface area contributed by atoms with E-state index in [9.17, 15) is 4.79 Å². The summed E-state index contributed by atoms with van der Waals surface area (Å²) < 4.78 is 0. The number of aryl methyl sites for hydroxylation is 1. The van der Waals surface area contributed by atoms with Gasteiger partial charge in [0.15, 0.2) is 0 Å². The second-order valence-electron chi connectivity index (χ2n) is 5.07. The highest BCUT2D eigenvalue weighted by Gasteiger charge is 2.36. The van der Waals surface area contributed by atoms with Gasteiger partial charge >= 0.3 is 0 Å². The fourth-order valence-corrected chi connectivity index (χ4v) is 3.11. The van der Waals surface area contributed by atoms with Gasteiger partial charge < -0.3 is 15.1 Å². The summed E-state index contributed by atoms with van der Waals surface area (Å²) in [6, 6.07) is 6.54. The molecular weight excluding hydrogens is 226 g/mol. The monoisotopic (exact) mass is 245 g/mol. The molecule has 0 spiro atoms. The van der Waals surface area contributed by atoms with Crippen molar-refractivity contribution in [2.24, 2.45) is 0 Å². The molecule has 1 unspecified atom stereocenters. The van der Waals surface area contributed by atoms with E-state index in [1.54, 1.807) is 0 Å². The van der Waals surface area contributed by atoms with Gasteiger partial charge in [-0.25, -0.2) is 0 Å². The normalized spacial score (nSPS) is 22.8. The first-order valence-electron chi connectivity index (χ1n) is 6.58. The van der Waals surface area contributed by atoms with Crippen LogP contribution in [0.4, 0.5) is 11.4 Å². The Bertz CT molecular complexity index is 486. The van der Waals surface area contributed by atoms with Crippen LogP contribution in [-0.4, -0.2) is 38.6 Å². The van der Waals surface area contributed by atoms with Gasteiger partial charge in [0.05, 0.1) is 24.0 Å². The number of para-hydroxylation sites is 1. The van der Waals surface area contributed by atoms with Gasteiger partial charge in [0.2, 0.25) is 5.91 Å². The third kappa shape index (κ3) is 1.60. The summed E-state index contributed by atoms with van der Waals surface area (Å²) in [6.45, 7) is 4.40. The summed E-state index contributed by atoms with van der Waals surface area (Å²) in [4.78, 5) is 16.4. The number of hydrogen-bond acceptors (Lipinski definition) is 3. The number of piperazine rings is 1. The Labute approximate surface area is 108 Å². The molecule has 96 valence electrons. The van der Waals surface area contributed by atoms with Crippen molar-refractivity contribution in [3.05, 3.63) is 23.8 Å². The zero-order chi connectivity index (χ0) is 12.7. The van der Waals surface area contributed by atoms with Crippen molar-refractivity contribution in [1.82, 2.24) is 5.32 Å². The zero-order valence-electron chi connectivity index (χ0n) is 10.9. The van der Waals surface area contributed by atoms with Gasteiger partial charge in [-0.1, -0.05) is 19.1 Å². The Morgan fingerprint density at radius 3 is 3.06 bits per heavy atom. The van der Waals surface area contributed by atoms with Crippen LogP contribution in [0.5, 0.6) is 0 Å². The summed E-state index contributed by atoms with van der Waals surface area (Å²) >= 11 is 0. The van der Waals surface area contributed by atoms with Crippen LogP contribution in [0.1, 0.15) is 12.5 Å². The second kappa shape index (κ2) is 4.28. The number of hydrogen-bond donors (Lipinski definition) is 1. The SMILES string of the molecule is CCc1cccc2c1N(C)CC1CNCC(=O)N21. The molecular formula is C14H19N3O. The lowest BCUT2D eigenvalue weighted by Crippen LogP contribution is -2.61. The van der Waals surface area contributed by atoms with E-state index in [1.807, 2.05) is 4.90 Å². The van der Waals surface area contributed by atoms with E-state index in [0.717, 1.165) is 25.2 Å². The molecule has 0 saturated carbocycles. The summed E-state index contributed by atoms with van der Waals surface area (Å²) in [5, 5.41) is 3.20. The van der Waals surface area contributed by atoms with Crippen molar-refractivity contribution in [2.75, 3.05) is 36.5 Å². The van der Waals surface area contributed by atoms with E-state index >= 15 is 0 Å². The maximum atomic E-state index is 12.1. The molecule has 4 nitrogen and oxygen atoms in total. The third-order valence-electron chi connectivity index (χ3n) is 3.90. The first-order chi connectivity index (χ1) is 8.72. The number of rotatable bonds is 1. The summed E-state index contributed by atoms with van der Waals surface area (Å²) in [5.41, 5.74) is 3.63. The molecule has 1 aromatic carbocycles. The fraction of sp³-hybridized carbons (Fsp3) is 0.500. The fourth-order valence-electron chi connectivity index (χ4n) is 3.11. The van der Waals surface area contributed by atoms with E-state index < -0.39 is 0 Å². The maximum Gasteiger partial charge on any atom is 0.241 e. The van der Waals surface area contributed by atoms with Crippen molar-refractivity contribution in [3.63, 3.8) is 0 Å². The van der Waals surface area contributed by atoms with E-state index in [-0.39, 0.29) is 11.9 Å². The predicted octanol–water partition coefficient (Wildman–Crippen LogP) is 1.00. The van der Waals surface area contributed by atoms with Crippen LogP contribution in [0.3, 0.4) is 0 Å². The average molecular weight is 245 g/mol. The molecule has 0 aromatic heterocycles. The average Bonchev–Trinajstić information content (AvgIpc) is 2.38. The Morgan fingerprint density at radius 1 is 1.44 bits per heavy atom. The number of carbonyl (C=O) groups excluding carboxylic acids is 1. The number of amides is 1. The molecule has 18 heavy (non-hydrogen) atoms. The van der Waals surface area contributed by atoms with Crippen LogP contribution < -0.4 is 15.1 Å². The molecule has 0 radical (unpaired) electrons. The first-order valence-corrected chi connectivity index (χ1v) is 6.58. The van der Waals surface area contributed by atoms with Gasteiger partial charge in [-0.2, -0.15) is 0 Å². The van der Waals surface area contributed by atoms with Gasteiger partial charge in [-0.15, -0.1) is 0 Å². The Balaban J connectivity index is 2.13. The number of fused-ring (bicyclic) bond motifs is 3. The van der Waals surface area contributed by atoms with Gasteiger partial charge in [0.1, 0.15) is 0 Å². The number of benzene rings is 1. The Morgan fingerprint density at radius 2 is 2.28 bits per heavy atom. The number of nitrogens with zero attached hydrogens (tertiary/aromatic N) is 2. The van der Waals surface area contributed by atoms with Crippen molar-refractivity contribution in [1.29, 1.82) is 0 Å². The molecule has 0 bridgehead atoms. The highest BCUT2D eigenvalue weighted by Crippen LogP contribution is 2.38. The van der Waals surface area contributed by atoms with Crippen LogP contribution in [-0.2, 0) is 11.2 Å². The third-order valence-corrected chi connectivity index (χ3v) is 3.90. The van der Waals surface area contributed by atoms with Gasteiger partial charge in [-0.3, -0.25) is 4.79 Å². The highest BCUT2D eigenvalue weighted by atomic mass is 16.2. The van der Waals surface area contributed by atoms with Crippen molar-refractivity contribution >= 4 is 17.3 Å². The molecule has 1 saturated heterocycles. The minimum atomic E-state index is 0.189. The topological polar surface area (TPSA) is 35.6 Å². The lowest BCUT2D eigenvalue weighted by atomic mass is 10.0. The summed E-state index contributed by atoms with van der Waals surface area (Å²) in [6.07, 6.45) is 0.998. The van der Waals surface area contributed by atoms with Crippen LogP contribution in [0.15, 0.2) is 18.2 Å². The predicted molar refractivity (Wildman–Crippen MR) is 73.2 cm³/mol. The second-order valence-corrected chi connectivity index (χ2v) is 5.07. The van der Waals surface area contributed by atoms with Crippen LogP contribution in [0, 0.1) is 0 Å². The number of nitrogens with one attached hydrogen (secondary N) is 1. The zero-order valence-corrected chi connectivity index (χ0v) is 10.9. The summed E-state index contributed by atoms with van der Waals surface area (Å²) in [5.74, 6) is 0.189. The van der Waals surface area contributed by atoms with Crippen LogP contribution in [0.2, 0.25) is 0 Å². The first kappa shape index (κ1) is 11.5. The minimum Gasteiger partial charge on any atom is -0.371 e. The summed E-state index contributed by atoms with van der Waals surface area (Å²) in [7, 11) is 2.12. The molecule has 1 N–H and O–H groups in total. The molecule has 1 atom stereocenters. The molecule has 1 aromatic rings. The lowest BCUT2D eigenvalue weighted by molar-refractivity contribution is -0.119. The number of carbonyl (C=O) groups is 1. The van der Waals surface area contributed by atoms with E-state index in [4.69, 9.17) is 0 Å². The molecule has 3 rings (SSSR count). The minimum absolute atomic E-state index is 0.189. The quantitative estimate of drug-likeness (QED) is 0.802. The lowest BCUT2D eigenvalue weighted by Gasteiger charge is -2.45. The van der Waals surface area contributed by atoms with Crippen molar-refractivity contribution in [2.45, 2.75) is 19.4 Å². The van der Waals surface area contributed by atoms with Gasteiger partial charge in [0.25, 0.3) is 0 Å². The van der Waals surface area contributed by atoms with Gasteiger partial charge in [0, 0.05) is 20.1 Å². The van der Waals surface area contributed by atoms with E-state index in [2.05, 4.69) is 42.4 Å². The van der Waals surface area contributed by atoms with E-state index in [1.165, 1.54) is 11.3 Å². The van der Waals surface area contributed by atoms with Crippen LogP contribution in [0.25, 0.3) is 0 Å². The number of anilines is 2. The Kier molecular flexibility index (Phi) is 2.74. The smallest absolute Gasteiger partial charge is 0.241 e. The maximum absolute atomic E-state index is 12.1. The molecule has 4 heteroatoms. The van der Waals surface area contributed by atoms with Crippen LogP contribution >= 0.6 is 0 Å². The molecule has 1 fully saturated rings. The Hall–Kier alpha value is -1.55.